The van der Waals surface area contributed by atoms with E-state index in [1.807, 2.05) is 0 Å². The molecule has 1 fully saturated rings. The van der Waals surface area contributed by atoms with Gasteiger partial charge in [-0.15, -0.1) is 0 Å². The van der Waals surface area contributed by atoms with Crippen molar-refractivity contribution >= 4 is 5.78 Å². The Bertz CT molecular complexity index is 242. The molecule has 0 aromatic carbocycles. The van der Waals surface area contributed by atoms with E-state index in [-0.39, 0.29) is 5.78 Å². The highest BCUT2D eigenvalue weighted by Crippen LogP contribution is 2.39. The Balaban J connectivity index is 2.29. The highest BCUT2D eigenvalue weighted by molar-refractivity contribution is 5.91. The van der Waals surface area contributed by atoms with Gasteiger partial charge < -0.3 is 5.11 Å². The minimum absolute atomic E-state index is 0.191. The molecule has 2 nitrogen and oxygen atoms in total. The van der Waals surface area contributed by atoms with Gasteiger partial charge in [-0.25, -0.2) is 0 Å². The van der Waals surface area contributed by atoms with E-state index in [2.05, 4.69) is 0 Å². The van der Waals surface area contributed by atoms with Crippen molar-refractivity contribution in [1.29, 1.82) is 0 Å². The van der Waals surface area contributed by atoms with Crippen molar-refractivity contribution in [1.82, 2.24) is 0 Å². The van der Waals surface area contributed by atoms with Crippen LogP contribution in [0.1, 0.15) is 38.5 Å². The van der Waals surface area contributed by atoms with Crippen LogP contribution in [-0.2, 0) is 4.79 Å². The second kappa shape index (κ2) is 2.70. The predicted octanol–water partition coefficient (Wildman–Crippen LogP) is 1.58. The Kier molecular flexibility index (Phi) is 1.80. The van der Waals surface area contributed by atoms with Crippen LogP contribution in [-0.4, -0.2) is 16.5 Å². The lowest BCUT2D eigenvalue weighted by Crippen LogP contribution is -2.37. The van der Waals surface area contributed by atoms with Crippen LogP contribution in [0.2, 0.25) is 0 Å². The van der Waals surface area contributed by atoms with Gasteiger partial charge in [-0.2, -0.15) is 0 Å². The van der Waals surface area contributed by atoms with Gasteiger partial charge in [0.05, 0.1) is 5.60 Å². The van der Waals surface area contributed by atoms with Gasteiger partial charge in [0.1, 0.15) is 0 Å². The molecule has 0 saturated heterocycles. The largest absolute Gasteiger partial charge is 0.385 e. The summed E-state index contributed by atoms with van der Waals surface area (Å²) in [4.78, 5) is 11.1. The third-order valence-electron chi connectivity index (χ3n) is 3.00. The van der Waals surface area contributed by atoms with Crippen LogP contribution in [0.3, 0.4) is 0 Å². The van der Waals surface area contributed by atoms with Crippen molar-refractivity contribution in [2.45, 2.75) is 44.1 Å². The Morgan fingerprint density at radius 1 is 1.25 bits per heavy atom. The lowest BCUT2D eigenvalue weighted by molar-refractivity contribution is -0.117. The molecule has 1 unspecified atom stereocenters. The third kappa shape index (κ3) is 1.20. The summed E-state index contributed by atoms with van der Waals surface area (Å²) in [5.74, 6) is 0.191. The number of carbonyl (C=O) groups excluding carboxylic acids is 1. The van der Waals surface area contributed by atoms with Crippen LogP contribution in [0.5, 0.6) is 0 Å². The topological polar surface area (TPSA) is 37.3 Å². The summed E-state index contributed by atoms with van der Waals surface area (Å²) < 4.78 is 0. The van der Waals surface area contributed by atoms with Crippen LogP contribution in [0, 0.1) is 0 Å². The fraction of sp³-hybridized carbons (Fsp3) is 0.700. The molecular formula is C10H14O2. The van der Waals surface area contributed by atoms with Gasteiger partial charge in [0.25, 0.3) is 0 Å². The van der Waals surface area contributed by atoms with Gasteiger partial charge in [0.15, 0.2) is 5.78 Å². The van der Waals surface area contributed by atoms with Crippen LogP contribution in [0.4, 0.5) is 0 Å². The van der Waals surface area contributed by atoms with Crippen molar-refractivity contribution in [2.75, 3.05) is 0 Å². The second-order valence-electron chi connectivity index (χ2n) is 3.87. The van der Waals surface area contributed by atoms with Crippen molar-refractivity contribution < 1.29 is 9.90 Å². The van der Waals surface area contributed by atoms with Gasteiger partial charge in [-0.1, -0.05) is 0 Å². The molecule has 0 bridgehead atoms. The lowest BCUT2D eigenvalue weighted by Gasteiger charge is -2.37. The molecule has 66 valence electrons. The molecule has 0 amide bonds. The number of ketones is 1. The Morgan fingerprint density at radius 3 is 2.92 bits per heavy atom. The molecule has 2 aliphatic carbocycles. The molecule has 0 radical (unpaired) electrons. The highest BCUT2D eigenvalue weighted by atomic mass is 16.3. The monoisotopic (exact) mass is 166 g/mol. The number of rotatable bonds is 0. The van der Waals surface area contributed by atoms with Crippen LogP contribution in [0.15, 0.2) is 11.6 Å². The molecule has 1 N–H and O–H groups in total. The Hall–Kier alpha value is -0.630. The molecule has 12 heavy (non-hydrogen) atoms. The first-order valence-electron chi connectivity index (χ1n) is 4.67. The summed E-state index contributed by atoms with van der Waals surface area (Å²) in [5, 5.41) is 10.1. The first kappa shape index (κ1) is 7.99. The van der Waals surface area contributed by atoms with Crippen molar-refractivity contribution in [3.8, 4) is 0 Å². The van der Waals surface area contributed by atoms with Gasteiger partial charge in [-0.3, -0.25) is 4.79 Å². The normalized spacial score (nSPS) is 35.8. The fourth-order valence-corrected chi connectivity index (χ4v) is 2.21. The molecule has 1 saturated carbocycles. The summed E-state index contributed by atoms with van der Waals surface area (Å²) in [7, 11) is 0. The number of hydrogen-bond donors (Lipinski definition) is 1. The van der Waals surface area contributed by atoms with Gasteiger partial charge in [-0.05, 0) is 43.8 Å². The quantitative estimate of drug-likeness (QED) is 0.593. The summed E-state index contributed by atoms with van der Waals surface area (Å²) in [6.45, 7) is 0. The number of aliphatic hydroxyl groups is 1. The molecule has 1 atom stereocenters. The Labute approximate surface area is 72.3 Å². The number of fused-ring (bicyclic) bond motifs is 1. The third-order valence-corrected chi connectivity index (χ3v) is 3.00. The maximum absolute atomic E-state index is 11.1. The molecule has 0 aromatic heterocycles. The van der Waals surface area contributed by atoms with Crippen LogP contribution >= 0.6 is 0 Å². The average molecular weight is 166 g/mol. The molecule has 0 heterocycles. The second-order valence-corrected chi connectivity index (χ2v) is 3.87. The zero-order valence-electron chi connectivity index (χ0n) is 7.18. The van der Waals surface area contributed by atoms with E-state index in [0.29, 0.717) is 12.8 Å². The van der Waals surface area contributed by atoms with E-state index in [1.54, 1.807) is 6.08 Å². The molecule has 2 heteroatoms. The zero-order chi connectivity index (χ0) is 8.60. The highest BCUT2D eigenvalue weighted by Gasteiger charge is 2.36. The molecule has 0 spiro atoms. The zero-order valence-corrected chi connectivity index (χ0v) is 7.18. The molecule has 2 aliphatic rings. The Morgan fingerprint density at radius 2 is 2.08 bits per heavy atom. The summed E-state index contributed by atoms with van der Waals surface area (Å²) in [6, 6.07) is 0. The van der Waals surface area contributed by atoms with E-state index >= 15 is 0 Å². The van der Waals surface area contributed by atoms with E-state index in [9.17, 15) is 9.90 Å². The number of hydrogen-bond acceptors (Lipinski definition) is 2. The van der Waals surface area contributed by atoms with Crippen molar-refractivity contribution in [3.05, 3.63) is 11.6 Å². The number of allylic oxidation sites excluding steroid dienone is 1. The van der Waals surface area contributed by atoms with Gasteiger partial charge in [0, 0.05) is 6.42 Å². The molecular weight excluding hydrogens is 152 g/mol. The lowest BCUT2D eigenvalue weighted by atomic mass is 9.74. The van der Waals surface area contributed by atoms with E-state index in [0.717, 1.165) is 31.3 Å². The van der Waals surface area contributed by atoms with Crippen molar-refractivity contribution in [3.63, 3.8) is 0 Å². The summed E-state index contributed by atoms with van der Waals surface area (Å²) in [6.07, 6.45) is 6.85. The number of carbonyl (C=O) groups is 1. The smallest absolute Gasteiger partial charge is 0.155 e. The van der Waals surface area contributed by atoms with Gasteiger partial charge >= 0.3 is 0 Å². The van der Waals surface area contributed by atoms with Crippen molar-refractivity contribution in [2.24, 2.45) is 0 Å². The maximum atomic E-state index is 11.1. The predicted molar refractivity (Wildman–Crippen MR) is 45.7 cm³/mol. The summed E-state index contributed by atoms with van der Waals surface area (Å²) in [5.41, 5.74) is 0.386. The average Bonchev–Trinajstić information content (AvgIpc) is 2.06. The summed E-state index contributed by atoms with van der Waals surface area (Å²) >= 11 is 0. The van der Waals surface area contributed by atoms with Gasteiger partial charge in [0.2, 0.25) is 0 Å². The minimum atomic E-state index is -0.605. The van der Waals surface area contributed by atoms with Crippen LogP contribution in [0.25, 0.3) is 0 Å². The molecule has 0 aliphatic heterocycles. The standard InChI is InChI=1S/C10H14O2/c11-9-4-6-10(12)5-2-1-3-8(10)7-9/h7,12H,1-6H2. The van der Waals surface area contributed by atoms with E-state index in [1.165, 1.54) is 0 Å². The molecule has 2 rings (SSSR count). The first-order chi connectivity index (χ1) is 5.71. The van der Waals surface area contributed by atoms with Crippen LogP contribution < -0.4 is 0 Å². The maximum Gasteiger partial charge on any atom is 0.155 e. The molecule has 0 aromatic rings. The minimum Gasteiger partial charge on any atom is -0.385 e. The van der Waals surface area contributed by atoms with E-state index in [4.69, 9.17) is 0 Å². The van der Waals surface area contributed by atoms with E-state index < -0.39 is 5.60 Å². The fourth-order valence-electron chi connectivity index (χ4n) is 2.21. The first-order valence-corrected chi connectivity index (χ1v) is 4.67. The SMILES string of the molecule is O=C1C=C2CCCCC2(O)CC1.